The average molecular weight is 261 g/mol. The van der Waals surface area contributed by atoms with Crippen LogP contribution in [-0.4, -0.2) is 13.2 Å². The van der Waals surface area contributed by atoms with Gasteiger partial charge in [-0.15, -0.1) is 0 Å². The van der Waals surface area contributed by atoms with E-state index in [1.807, 2.05) is 36.4 Å². The summed E-state index contributed by atoms with van der Waals surface area (Å²) in [5, 5.41) is 0.725. The highest BCUT2D eigenvalue weighted by Gasteiger charge is 2.20. The van der Waals surface area contributed by atoms with Gasteiger partial charge in [-0.2, -0.15) is 0 Å². The fourth-order valence-electron chi connectivity index (χ4n) is 2.21. The average Bonchev–Trinajstić information content (AvgIpc) is 2.40. The highest BCUT2D eigenvalue weighted by molar-refractivity contribution is 6.33. The number of halogens is 1. The van der Waals surface area contributed by atoms with Crippen molar-refractivity contribution >= 4 is 11.6 Å². The predicted octanol–water partition coefficient (Wildman–Crippen LogP) is 4.09. The number of aryl methyl sites for hydroxylation is 1. The molecule has 92 valence electrons. The Kier molecular flexibility index (Phi) is 2.88. The zero-order chi connectivity index (χ0) is 12.5. The van der Waals surface area contributed by atoms with Gasteiger partial charge < -0.3 is 9.47 Å². The van der Waals surface area contributed by atoms with Gasteiger partial charge in [-0.25, -0.2) is 0 Å². The van der Waals surface area contributed by atoms with Gasteiger partial charge in [0.1, 0.15) is 13.2 Å². The number of ether oxygens (including phenoxy) is 2. The van der Waals surface area contributed by atoms with Crippen molar-refractivity contribution in [2.45, 2.75) is 6.92 Å². The molecule has 0 atom stereocenters. The zero-order valence-electron chi connectivity index (χ0n) is 10.1. The molecule has 2 aromatic carbocycles. The molecule has 0 saturated carbocycles. The van der Waals surface area contributed by atoms with Crippen molar-refractivity contribution in [2.24, 2.45) is 0 Å². The topological polar surface area (TPSA) is 18.5 Å². The van der Waals surface area contributed by atoms with Crippen molar-refractivity contribution < 1.29 is 9.47 Å². The Morgan fingerprint density at radius 3 is 2.61 bits per heavy atom. The Balaban J connectivity index is 2.25. The summed E-state index contributed by atoms with van der Waals surface area (Å²) in [4.78, 5) is 0. The third-order valence-electron chi connectivity index (χ3n) is 3.06. The number of rotatable bonds is 1. The molecule has 3 heteroatoms. The minimum atomic E-state index is 0.577. The fraction of sp³-hybridized carbons (Fsp3) is 0.200. The minimum absolute atomic E-state index is 0.577. The van der Waals surface area contributed by atoms with Gasteiger partial charge >= 0.3 is 0 Å². The van der Waals surface area contributed by atoms with Gasteiger partial charge in [0.15, 0.2) is 11.5 Å². The lowest BCUT2D eigenvalue weighted by Gasteiger charge is -2.22. The van der Waals surface area contributed by atoms with E-state index in [1.54, 1.807) is 0 Å². The third kappa shape index (κ3) is 1.83. The first-order valence-electron chi connectivity index (χ1n) is 5.91. The minimum Gasteiger partial charge on any atom is -0.486 e. The maximum Gasteiger partial charge on any atom is 0.169 e. The van der Waals surface area contributed by atoms with Crippen LogP contribution < -0.4 is 9.47 Å². The highest BCUT2D eigenvalue weighted by atomic mass is 35.5. The van der Waals surface area contributed by atoms with E-state index in [0.29, 0.717) is 13.2 Å². The Morgan fingerprint density at radius 1 is 1.00 bits per heavy atom. The molecule has 1 heterocycles. The van der Waals surface area contributed by atoms with Crippen molar-refractivity contribution in [1.29, 1.82) is 0 Å². The summed E-state index contributed by atoms with van der Waals surface area (Å²) in [6.07, 6.45) is 0. The SMILES string of the molecule is Cc1ccc2c(c1-c1ccccc1Cl)OCCO2. The molecule has 0 aliphatic carbocycles. The highest BCUT2D eigenvalue weighted by Crippen LogP contribution is 2.44. The molecular formula is C15H13ClO2. The maximum absolute atomic E-state index is 6.28. The van der Waals surface area contributed by atoms with Gasteiger partial charge in [0, 0.05) is 16.1 Å². The summed E-state index contributed by atoms with van der Waals surface area (Å²) in [5.74, 6) is 1.59. The molecule has 2 nitrogen and oxygen atoms in total. The van der Waals surface area contributed by atoms with Gasteiger partial charge in [-0.1, -0.05) is 35.9 Å². The molecule has 18 heavy (non-hydrogen) atoms. The van der Waals surface area contributed by atoms with Gasteiger partial charge in [0.05, 0.1) is 0 Å². The van der Waals surface area contributed by atoms with E-state index in [2.05, 4.69) is 6.92 Å². The molecule has 2 aromatic rings. The molecule has 0 fully saturated rings. The van der Waals surface area contributed by atoms with E-state index in [-0.39, 0.29) is 0 Å². The van der Waals surface area contributed by atoms with Gasteiger partial charge in [-0.05, 0) is 24.6 Å². The molecule has 1 aliphatic heterocycles. The van der Waals surface area contributed by atoms with Crippen LogP contribution in [0.1, 0.15) is 5.56 Å². The third-order valence-corrected chi connectivity index (χ3v) is 3.39. The van der Waals surface area contributed by atoms with E-state index in [0.717, 1.165) is 33.2 Å². The van der Waals surface area contributed by atoms with Crippen LogP contribution in [0.25, 0.3) is 11.1 Å². The Hall–Kier alpha value is -1.67. The molecule has 0 bridgehead atoms. The smallest absolute Gasteiger partial charge is 0.169 e. The summed E-state index contributed by atoms with van der Waals surface area (Å²) in [7, 11) is 0. The Morgan fingerprint density at radius 2 is 1.78 bits per heavy atom. The fourth-order valence-corrected chi connectivity index (χ4v) is 2.44. The van der Waals surface area contributed by atoms with Crippen molar-refractivity contribution in [3.05, 3.63) is 47.0 Å². The van der Waals surface area contributed by atoms with Gasteiger partial charge in [-0.3, -0.25) is 0 Å². The van der Waals surface area contributed by atoms with Crippen LogP contribution in [0.5, 0.6) is 11.5 Å². The van der Waals surface area contributed by atoms with Gasteiger partial charge in [0.2, 0.25) is 0 Å². The summed E-state index contributed by atoms with van der Waals surface area (Å²) in [6, 6.07) is 11.8. The number of fused-ring (bicyclic) bond motifs is 1. The molecular weight excluding hydrogens is 248 g/mol. The molecule has 3 rings (SSSR count). The lowest BCUT2D eigenvalue weighted by atomic mass is 9.98. The molecule has 0 N–H and O–H groups in total. The first-order chi connectivity index (χ1) is 8.77. The van der Waals surface area contributed by atoms with E-state index < -0.39 is 0 Å². The maximum atomic E-state index is 6.28. The van der Waals surface area contributed by atoms with Crippen LogP contribution in [-0.2, 0) is 0 Å². The summed E-state index contributed by atoms with van der Waals surface area (Å²) in [5.41, 5.74) is 3.14. The van der Waals surface area contributed by atoms with E-state index in [4.69, 9.17) is 21.1 Å². The number of benzene rings is 2. The second-order valence-electron chi connectivity index (χ2n) is 4.26. The summed E-state index contributed by atoms with van der Waals surface area (Å²) < 4.78 is 11.4. The van der Waals surface area contributed by atoms with Crippen LogP contribution in [0.2, 0.25) is 5.02 Å². The number of hydrogen-bond acceptors (Lipinski definition) is 2. The lowest BCUT2D eigenvalue weighted by molar-refractivity contribution is 0.172. The summed E-state index contributed by atoms with van der Waals surface area (Å²) in [6.45, 7) is 3.23. The summed E-state index contributed by atoms with van der Waals surface area (Å²) >= 11 is 6.28. The first kappa shape index (κ1) is 11.4. The van der Waals surface area contributed by atoms with Crippen molar-refractivity contribution in [3.63, 3.8) is 0 Å². The zero-order valence-corrected chi connectivity index (χ0v) is 10.8. The Labute approximate surface area is 111 Å². The van der Waals surface area contributed by atoms with Crippen LogP contribution >= 0.6 is 11.6 Å². The van der Waals surface area contributed by atoms with Crippen molar-refractivity contribution in [1.82, 2.24) is 0 Å². The Bertz CT molecular complexity index is 593. The molecule has 0 unspecified atom stereocenters. The second-order valence-corrected chi connectivity index (χ2v) is 4.67. The largest absolute Gasteiger partial charge is 0.486 e. The van der Waals surface area contributed by atoms with E-state index in [9.17, 15) is 0 Å². The van der Waals surface area contributed by atoms with Gasteiger partial charge in [0.25, 0.3) is 0 Å². The van der Waals surface area contributed by atoms with Crippen LogP contribution in [0.4, 0.5) is 0 Å². The van der Waals surface area contributed by atoms with Crippen LogP contribution in [0.15, 0.2) is 36.4 Å². The molecule has 0 saturated heterocycles. The van der Waals surface area contributed by atoms with E-state index >= 15 is 0 Å². The van der Waals surface area contributed by atoms with Crippen LogP contribution in [0.3, 0.4) is 0 Å². The second kappa shape index (κ2) is 4.54. The molecule has 1 aliphatic rings. The standard InChI is InChI=1S/C15H13ClO2/c1-10-6-7-13-15(18-9-8-17-13)14(10)11-4-2-3-5-12(11)16/h2-7H,8-9H2,1H3. The monoisotopic (exact) mass is 260 g/mol. The first-order valence-corrected chi connectivity index (χ1v) is 6.29. The van der Waals surface area contributed by atoms with Crippen molar-refractivity contribution in [3.8, 4) is 22.6 Å². The number of hydrogen-bond donors (Lipinski definition) is 0. The molecule has 0 amide bonds. The van der Waals surface area contributed by atoms with Crippen LogP contribution in [0, 0.1) is 6.92 Å². The lowest BCUT2D eigenvalue weighted by Crippen LogP contribution is -2.16. The van der Waals surface area contributed by atoms with E-state index in [1.165, 1.54) is 0 Å². The molecule has 0 spiro atoms. The molecule has 0 radical (unpaired) electrons. The normalized spacial score (nSPS) is 13.4. The quantitative estimate of drug-likeness (QED) is 0.769. The van der Waals surface area contributed by atoms with Crippen molar-refractivity contribution in [2.75, 3.05) is 13.2 Å². The molecule has 0 aromatic heterocycles. The predicted molar refractivity (Wildman–Crippen MR) is 72.6 cm³/mol.